The van der Waals surface area contributed by atoms with Crippen LogP contribution in [0.25, 0.3) is 0 Å². The zero-order valence-corrected chi connectivity index (χ0v) is 17.0. The number of phenolic OH excluding ortho intramolecular Hbond substituents is 1. The lowest BCUT2D eigenvalue weighted by molar-refractivity contribution is -0.132. The summed E-state index contributed by atoms with van der Waals surface area (Å²) in [6.45, 7) is 7.45. The molecule has 0 aliphatic carbocycles. The SMILES string of the molecule is CC(C)(C)OC(=O)NCCC1CCCN(C(=O)Cc2ccc(O)cc2Cl)C1. The van der Waals surface area contributed by atoms with E-state index in [0.29, 0.717) is 29.6 Å². The largest absolute Gasteiger partial charge is 0.508 e. The maximum absolute atomic E-state index is 12.6. The van der Waals surface area contributed by atoms with Crippen LogP contribution < -0.4 is 5.32 Å². The highest BCUT2D eigenvalue weighted by atomic mass is 35.5. The molecule has 27 heavy (non-hydrogen) atoms. The molecular formula is C20H29ClN2O4. The number of aromatic hydroxyl groups is 1. The quantitative estimate of drug-likeness (QED) is 0.794. The summed E-state index contributed by atoms with van der Waals surface area (Å²) in [5, 5.41) is 12.6. The van der Waals surface area contributed by atoms with Gasteiger partial charge < -0.3 is 20.1 Å². The van der Waals surface area contributed by atoms with Gasteiger partial charge in [0.25, 0.3) is 0 Å². The van der Waals surface area contributed by atoms with Crippen LogP contribution in [0.1, 0.15) is 45.6 Å². The van der Waals surface area contributed by atoms with Crippen LogP contribution in [0.5, 0.6) is 5.75 Å². The number of halogens is 1. The molecule has 1 heterocycles. The Morgan fingerprint density at radius 1 is 1.37 bits per heavy atom. The first kappa shape index (κ1) is 21.4. The lowest BCUT2D eigenvalue weighted by Crippen LogP contribution is -2.42. The van der Waals surface area contributed by atoms with Crippen LogP contribution in [0.3, 0.4) is 0 Å². The average molecular weight is 397 g/mol. The molecule has 6 nitrogen and oxygen atoms in total. The van der Waals surface area contributed by atoms with Gasteiger partial charge in [-0.05, 0) is 63.6 Å². The number of alkyl carbamates (subject to hydrolysis) is 1. The van der Waals surface area contributed by atoms with Gasteiger partial charge in [-0.3, -0.25) is 4.79 Å². The predicted molar refractivity (Wildman–Crippen MR) is 105 cm³/mol. The molecular weight excluding hydrogens is 368 g/mol. The molecule has 2 rings (SSSR count). The van der Waals surface area contributed by atoms with E-state index in [-0.39, 0.29) is 18.1 Å². The summed E-state index contributed by atoms with van der Waals surface area (Å²) >= 11 is 6.10. The van der Waals surface area contributed by atoms with Crippen molar-refractivity contribution in [2.24, 2.45) is 5.92 Å². The number of carbonyl (C=O) groups is 2. The van der Waals surface area contributed by atoms with Crippen molar-refractivity contribution in [3.8, 4) is 5.75 Å². The summed E-state index contributed by atoms with van der Waals surface area (Å²) in [5.74, 6) is 0.479. The van der Waals surface area contributed by atoms with Gasteiger partial charge in [-0.2, -0.15) is 0 Å². The van der Waals surface area contributed by atoms with Gasteiger partial charge >= 0.3 is 6.09 Å². The van der Waals surface area contributed by atoms with Gasteiger partial charge in [0.05, 0.1) is 6.42 Å². The van der Waals surface area contributed by atoms with E-state index in [2.05, 4.69) is 5.32 Å². The molecule has 1 aliphatic rings. The van der Waals surface area contributed by atoms with E-state index < -0.39 is 11.7 Å². The minimum atomic E-state index is -0.506. The second kappa shape index (κ2) is 9.31. The van der Waals surface area contributed by atoms with Crippen molar-refractivity contribution < 1.29 is 19.4 Å². The fourth-order valence-corrected chi connectivity index (χ4v) is 3.42. The average Bonchev–Trinajstić information content (AvgIpc) is 2.56. The number of carbonyl (C=O) groups excluding carboxylic acids is 2. The Balaban J connectivity index is 1.79. The molecule has 2 amide bonds. The number of hydrogen-bond donors (Lipinski definition) is 2. The Kier molecular flexibility index (Phi) is 7.36. The van der Waals surface area contributed by atoms with Crippen molar-refractivity contribution in [2.45, 2.75) is 52.1 Å². The van der Waals surface area contributed by atoms with Gasteiger partial charge in [-0.25, -0.2) is 4.79 Å². The molecule has 0 bridgehead atoms. The van der Waals surface area contributed by atoms with Crippen LogP contribution in [0.15, 0.2) is 18.2 Å². The Hall–Kier alpha value is -1.95. The molecule has 0 spiro atoms. The monoisotopic (exact) mass is 396 g/mol. The first-order chi connectivity index (χ1) is 12.6. The summed E-state index contributed by atoms with van der Waals surface area (Å²) < 4.78 is 5.23. The van der Waals surface area contributed by atoms with Crippen molar-refractivity contribution in [1.82, 2.24) is 10.2 Å². The molecule has 1 aromatic rings. The highest BCUT2D eigenvalue weighted by molar-refractivity contribution is 6.31. The van der Waals surface area contributed by atoms with E-state index in [1.54, 1.807) is 6.07 Å². The number of nitrogens with zero attached hydrogens (tertiary/aromatic N) is 1. The third kappa shape index (κ3) is 7.29. The summed E-state index contributed by atoms with van der Waals surface area (Å²) in [6.07, 6.45) is 2.62. The van der Waals surface area contributed by atoms with Gasteiger partial charge in [0.15, 0.2) is 0 Å². The van der Waals surface area contributed by atoms with Crippen LogP contribution >= 0.6 is 11.6 Å². The van der Waals surface area contributed by atoms with Gasteiger partial charge in [-0.1, -0.05) is 17.7 Å². The lowest BCUT2D eigenvalue weighted by Gasteiger charge is -2.33. The molecule has 7 heteroatoms. The number of rotatable bonds is 5. The minimum absolute atomic E-state index is 0.0346. The second-order valence-corrected chi connectivity index (χ2v) is 8.43. The molecule has 1 aromatic carbocycles. The molecule has 1 unspecified atom stereocenters. The van der Waals surface area contributed by atoms with Gasteiger partial charge in [0.2, 0.25) is 5.91 Å². The standard InChI is InChI=1S/C20H29ClN2O4/c1-20(2,3)27-19(26)22-9-8-14-5-4-10-23(13-14)18(25)11-15-6-7-16(24)12-17(15)21/h6-7,12,14,24H,4-5,8-11,13H2,1-3H3,(H,22,26). The zero-order valence-electron chi connectivity index (χ0n) is 16.3. The third-order valence-corrected chi connectivity index (χ3v) is 4.82. The highest BCUT2D eigenvalue weighted by Gasteiger charge is 2.24. The number of benzene rings is 1. The Morgan fingerprint density at radius 3 is 2.78 bits per heavy atom. The van der Waals surface area contributed by atoms with E-state index in [4.69, 9.17) is 16.3 Å². The van der Waals surface area contributed by atoms with Crippen molar-refractivity contribution in [3.05, 3.63) is 28.8 Å². The molecule has 1 aliphatic heterocycles. The molecule has 1 atom stereocenters. The topological polar surface area (TPSA) is 78.9 Å². The van der Waals surface area contributed by atoms with Gasteiger partial charge in [-0.15, -0.1) is 0 Å². The summed E-state index contributed by atoms with van der Waals surface area (Å²) in [4.78, 5) is 26.2. The van der Waals surface area contributed by atoms with E-state index >= 15 is 0 Å². The summed E-state index contributed by atoms with van der Waals surface area (Å²) in [6, 6.07) is 4.67. The number of piperidine rings is 1. The third-order valence-electron chi connectivity index (χ3n) is 4.47. The van der Waals surface area contributed by atoms with Crippen LogP contribution in [0, 0.1) is 5.92 Å². The zero-order chi connectivity index (χ0) is 20.0. The van der Waals surface area contributed by atoms with Crippen molar-refractivity contribution >= 4 is 23.6 Å². The molecule has 1 saturated heterocycles. The number of amides is 2. The van der Waals surface area contributed by atoms with Gasteiger partial charge in [0, 0.05) is 24.7 Å². The number of hydrogen-bond acceptors (Lipinski definition) is 4. The smallest absolute Gasteiger partial charge is 0.407 e. The van der Waals surface area contributed by atoms with Crippen LogP contribution in [0.2, 0.25) is 5.02 Å². The van der Waals surface area contributed by atoms with E-state index in [1.165, 1.54) is 12.1 Å². The van der Waals surface area contributed by atoms with E-state index in [0.717, 1.165) is 25.8 Å². The van der Waals surface area contributed by atoms with Crippen molar-refractivity contribution in [1.29, 1.82) is 0 Å². The maximum atomic E-state index is 12.6. The normalized spacial score (nSPS) is 17.5. The molecule has 0 saturated carbocycles. The number of nitrogens with one attached hydrogen (secondary N) is 1. The second-order valence-electron chi connectivity index (χ2n) is 8.02. The maximum Gasteiger partial charge on any atom is 0.407 e. The van der Waals surface area contributed by atoms with E-state index in [9.17, 15) is 14.7 Å². The summed E-state index contributed by atoms with van der Waals surface area (Å²) in [5.41, 5.74) is 0.210. The fraction of sp³-hybridized carbons (Fsp3) is 0.600. The van der Waals surface area contributed by atoms with Crippen LogP contribution in [-0.2, 0) is 16.0 Å². The van der Waals surface area contributed by atoms with E-state index in [1.807, 2.05) is 25.7 Å². The molecule has 150 valence electrons. The predicted octanol–water partition coefficient (Wildman–Crippen LogP) is 3.74. The summed E-state index contributed by atoms with van der Waals surface area (Å²) in [7, 11) is 0. The lowest BCUT2D eigenvalue weighted by atomic mass is 9.94. The fourth-order valence-electron chi connectivity index (χ4n) is 3.17. The first-order valence-corrected chi connectivity index (χ1v) is 9.74. The van der Waals surface area contributed by atoms with Crippen LogP contribution in [0.4, 0.5) is 4.79 Å². The Bertz CT molecular complexity index is 672. The first-order valence-electron chi connectivity index (χ1n) is 9.36. The van der Waals surface area contributed by atoms with Crippen LogP contribution in [-0.4, -0.2) is 47.2 Å². The molecule has 0 aromatic heterocycles. The Morgan fingerprint density at radius 2 is 2.11 bits per heavy atom. The minimum Gasteiger partial charge on any atom is -0.508 e. The molecule has 1 fully saturated rings. The van der Waals surface area contributed by atoms with Crippen molar-refractivity contribution in [3.63, 3.8) is 0 Å². The molecule has 0 radical (unpaired) electrons. The van der Waals surface area contributed by atoms with Crippen molar-refractivity contribution in [2.75, 3.05) is 19.6 Å². The Labute approximate surface area is 165 Å². The number of phenols is 1. The number of ether oxygens (including phenoxy) is 1. The molecule has 2 N–H and O–H groups in total. The van der Waals surface area contributed by atoms with Gasteiger partial charge in [0.1, 0.15) is 11.4 Å². The number of likely N-dealkylation sites (tertiary alicyclic amines) is 1. The highest BCUT2D eigenvalue weighted by Crippen LogP contribution is 2.24.